The van der Waals surface area contributed by atoms with Crippen molar-refractivity contribution >= 4 is 17.9 Å². The van der Waals surface area contributed by atoms with Crippen LogP contribution in [-0.4, -0.2) is 47.0 Å². The molecule has 2 aromatic rings. The average Bonchev–Trinajstić information content (AvgIpc) is 3.09. The zero-order chi connectivity index (χ0) is 24.3. The van der Waals surface area contributed by atoms with Gasteiger partial charge in [0.05, 0.1) is 23.9 Å². The van der Waals surface area contributed by atoms with E-state index in [9.17, 15) is 18.0 Å². The summed E-state index contributed by atoms with van der Waals surface area (Å²) in [5.41, 5.74) is 0.260. The zero-order valence-electron chi connectivity index (χ0n) is 19.0. The fraction of sp³-hybridized carbons (Fsp3) is 0.500. The van der Waals surface area contributed by atoms with E-state index in [-0.39, 0.29) is 30.2 Å². The summed E-state index contributed by atoms with van der Waals surface area (Å²) < 4.78 is 54.7. The fourth-order valence-electron chi connectivity index (χ4n) is 3.47. The molecule has 0 spiro atoms. The first-order valence-corrected chi connectivity index (χ1v) is 10.4. The Bertz CT molecular complexity index is 969. The van der Waals surface area contributed by atoms with E-state index < -0.39 is 36.3 Å². The summed E-state index contributed by atoms with van der Waals surface area (Å²) in [5.74, 6) is -0.896. The molecular weight excluding hydrogens is 441 g/mol. The van der Waals surface area contributed by atoms with E-state index in [2.05, 4.69) is 20.0 Å². The number of carbonyl (C=O) groups excluding carboxylic acids is 1. The smallest absolute Gasteiger partial charge is 0.416 e. The van der Waals surface area contributed by atoms with Gasteiger partial charge < -0.3 is 19.5 Å². The van der Waals surface area contributed by atoms with E-state index in [1.54, 1.807) is 26.0 Å². The summed E-state index contributed by atoms with van der Waals surface area (Å²) in [6, 6.07) is 5.12. The molecule has 0 saturated carbocycles. The molecule has 33 heavy (non-hydrogen) atoms. The minimum atomic E-state index is -2.91. The number of amides is 1. The lowest BCUT2D eigenvalue weighted by atomic mass is 10.1. The number of aromatic nitrogens is 2. The molecule has 2 heterocycles. The van der Waals surface area contributed by atoms with Gasteiger partial charge in [0, 0.05) is 0 Å². The van der Waals surface area contributed by atoms with Crippen LogP contribution in [-0.2, 0) is 9.47 Å². The van der Waals surface area contributed by atoms with Gasteiger partial charge in [-0.25, -0.2) is 19.1 Å². The fourth-order valence-corrected chi connectivity index (χ4v) is 3.47. The Hall–Kier alpha value is -3.08. The molecule has 8 nitrogen and oxygen atoms in total. The molecule has 3 atom stereocenters. The molecular formula is C22H27F3N4O4. The molecule has 1 aromatic carbocycles. The van der Waals surface area contributed by atoms with Crippen LogP contribution in [0.5, 0.6) is 5.75 Å². The second kappa shape index (κ2) is 9.82. The molecule has 0 bridgehead atoms. The van der Waals surface area contributed by atoms with Gasteiger partial charge in [-0.1, -0.05) is 12.1 Å². The second-order valence-electron chi connectivity index (χ2n) is 8.63. The second-order valence-corrected chi connectivity index (χ2v) is 8.63. The number of ether oxygens (including phenoxy) is 3. The average molecular weight is 468 g/mol. The van der Waals surface area contributed by atoms with Crippen LogP contribution in [0.4, 0.5) is 29.7 Å². The van der Waals surface area contributed by atoms with Gasteiger partial charge in [0.1, 0.15) is 18.4 Å². The SMILES string of the molecule is C[C@H](Nc1ncc(F)c(N2C(=O)OCC2[C@@H](C)OC(C)(C)C)n1)c1ccc(OC(F)F)cc1. The lowest BCUT2D eigenvalue weighted by Crippen LogP contribution is -2.45. The summed E-state index contributed by atoms with van der Waals surface area (Å²) in [5, 5.41) is 3.02. The van der Waals surface area contributed by atoms with Crippen molar-refractivity contribution in [3.63, 3.8) is 0 Å². The number of nitrogens with one attached hydrogen (secondary N) is 1. The van der Waals surface area contributed by atoms with E-state index in [1.807, 2.05) is 20.8 Å². The van der Waals surface area contributed by atoms with Crippen molar-refractivity contribution < 1.29 is 32.2 Å². The number of cyclic esters (lactones) is 1. The summed E-state index contributed by atoms with van der Waals surface area (Å²) in [6.45, 7) is 6.35. The first kappa shape index (κ1) is 24.6. The molecule has 1 aromatic heterocycles. The Morgan fingerprint density at radius 3 is 2.48 bits per heavy atom. The third kappa shape index (κ3) is 6.25. The van der Waals surface area contributed by atoms with Gasteiger partial charge >= 0.3 is 12.7 Å². The molecule has 0 radical (unpaired) electrons. The molecule has 0 aliphatic carbocycles. The highest BCUT2D eigenvalue weighted by atomic mass is 19.3. The third-order valence-corrected chi connectivity index (χ3v) is 4.89. The van der Waals surface area contributed by atoms with Crippen LogP contribution in [0.25, 0.3) is 0 Å². The summed E-state index contributed by atoms with van der Waals surface area (Å²) >= 11 is 0. The maximum absolute atomic E-state index is 14.7. The van der Waals surface area contributed by atoms with E-state index in [4.69, 9.17) is 9.47 Å². The van der Waals surface area contributed by atoms with Gasteiger partial charge in [-0.15, -0.1) is 0 Å². The first-order chi connectivity index (χ1) is 15.4. The largest absolute Gasteiger partial charge is 0.447 e. The Morgan fingerprint density at radius 1 is 1.21 bits per heavy atom. The van der Waals surface area contributed by atoms with E-state index >= 15 is 0 Å². The predicted molar refractivity (Wildman–Crippen MR) is 115 cm³/mol. The molecule has 1 aliphatic heterocycles. The molecule has 1 amide bonds. The van der Waals surface area contributed by atoms with Crippen LogP contribution in [0.1, 0.15) is 46.2 Å². The number of hydrogen-bond acceptors (Lipinski definition) is 7. The van der Waals surface area contributed by atoms with Crippen LogP contribution in [0.3, 0.4) is 0 Å². The zero-order valence-corrected chi connectivity index (χ0v) is 19.0. The normalized spacial score (nSPS) is 18.3. The quantitative estimate of drug-likeness (QED) is 0.589. The van der Waals surface area contributed by atoms with E-state index in [1.165, 1.54) is 12.1 Å². The maximum atomic E-state index is 14.7. The monoisotopic (exact) mass is 468 g/mol. The Morgan fingerprint density at radius 2 is 1.88 bits per heavy atom. The topological polar surface area (TPSA) is 85.8 Å². The number of anilines is 2. The van der Waals surface area contributed by atoms with Crippen molar-refractivity contribution in [1.29, 1.82) is 0 Å². The van der Waals surface area contributed by atoms with Crippen LogP contribution in [0.15, 0.2) is 30.5 Å². The van der Waals surface area contributed by atoms with Gasteiger partial charge in [-0.3, -0.25) is 0 Å². The molecule has 3 rings (SSSR count). The van der Waals surface area contributed by atoms with Crippen LogP contribution < -0.4 is 15.0 Å². The van der Waals surface area contributed by atoms with Gasteiger partial charge in [0.15, 0.2) is 11.6 Å². The van der Waals surface area contributed by atoms with Gasteiger partial charge in [0.2, 0.25) is 5.95 Å². The standard InChI is InChI=1S/C22H27F3N4O4/c1-12(14-6-8-15(9-7-14)32-19(24)25)27-20-26-10-16(23)18(28-20)29-17(11-31-21(29)30)13(2)33-22(3,4)5/h6-10,12-13,17,19H,11H2,1-5H3,(H,26,27,28)/t12-,13+,17?/m0/s1. The minimum absolute atomic E-state index is 0.0335. The molecule has 1 N–H and O–H groups in total. The number of alkyl halides is 2. The van der Waals surface area contributed by atoms with Crippen molar-refractivity contribution in [3.05, 3.63) is 41.8 Å². The number of nitrogens with zero attached hydrogens (tertiary/aromatic N) is 3. The van der Waals surface area contributed by atoms with Crippen molar-refractivity contribution in [2.75, 3.05) is 16.8 Å². The highest BCUT2D eigenvalue weighted by molar-refractivity contribution is 5.89. The summed E-state index contributed by atoms with van der Waals surface area (Å²) in [7, 11) is 0. The van der Waals surface area contributed by atoms with Crippen molar-refractivity contribution in [3.8, 4) is 5.75 Å². The molecule has 11 heteroatoms. The van der Waals surface area contributed by atoms with E-state index in [0.717, 1.165) is 16.7 Å². The maximum Gasteiger partial charge on any atom is 0.416 e. The third-order valence-electron chi connectivity index (χ3n) is 4.89. The number of hydrogen-bond donors (Lipinski definition) is 1. The highest BCUT2D eigenvalue weighted by Gasteiger charge is 2.41. The number of rotatable bonds is 8. The van der Waals surface area contributed by atoms with Gasteiger partial charge in [-0.2, -0.15) is 13.8 Å². The van der Waals surface area contributed by atoms with Crippen LogP contribution in [0.2, 0.25) is 0 Å². The Kier molecular flexibility index (Phi) is 7.31. The minimum Gasteiger partial charge on any atom is -0.447 e. The lowest BCUT2D eigenvalue weighted by Gasteiger charge is -2.31. The highest BCUT2D eigenvalue weighted by Crippen LogP contribution is 2.29. The van der Waals surface area contributed by atoms with E-state index in [0.29, 0.717) is 0 Å². The van der Waals surface area contributed by atoms with Crippen molar-refractivity contribution in [2.45, 2.75) is 65.0 Å². The summed E-state index contributed by atoms with van der Waals surface area (Å²) in [4.78, 5) is 21.7. The lowest BCUT2D eigenvalue weighted by molar-refractivity contribution is -0.0619. The van der Waals surface area contributed by atoms with Crippen LogP contribution >= 0.6 is 0 Å². The molecule has 180 valence electrons. The Labute approximate surface area is 190 Å². The van der Waals surface area contributed by atoms with Gasteiger partial charge in [-0.05, 0) is 52.3 Å². The van der Waals surface area contributed by atoms with Crippen molar-refractivity contribution in [2.24, 2.45) is 0 Å². The number of benzene rings is 1. The first-order valence-electron chi connectivity index (χ1n) is 10.4. The summed E-state index contributed by atoms with van der Waals surface area (Å²) in [6.07, 6.45) is -0.208. The van der Waals surface area contributed by atoms with Gasteiger partial charge in [0.25, 0.3) is 0 Å². The number of carbonyl (C=O) groups is 1. The number of halogens is 3. The molecule has 1 aliphatic rings. The molecule has 1 fully saturated rings. The molecule has 1 saturated heterocycles. The Balaban J connectivity index is 1.79. The van der Waals surface area contributed by atoms with Crippen molar-refractivity contribution in [1.82, 2.24) is 9.97 Å². The molecule has 1 unspecified atom stereocenters. The van der Waals surface area contributed by atoms with Crippen LogP contribution in [0, 0.1) is 5.82 Å². The predicted octanol–water partition coefficient (Wildman–Crippen LogP) is 4.92.